The Hall–Kier alpha value is -0.0400. The monoisotopic (exact) mass is 397 g/mol. The molecule has 1 aliphatic carbocycles. The van der Waals surface area contributed by atoms with Crippen molar-refractivity contribution in [2.45, 2.75) is 45.4 Å². The molecule has 0 unspecified atom stereocenters. The predicted molar refractivity (Wildman–Crippen MR) is 97.1 cm³/mol. The first-order chi connectivity index (χ1) is 9.27. The lowest BCUT2D eigenvalue weighted by Gasteiger charge is -2.22. The van der Waals surface area contributed by atoms with Gasteiger partial charge in [0.05, 0.1) is 6.61 Å². The van der Waals surface area contributed by atoms with Gasteiger partial charge in [-0.25, -0.2) is 0 Å². The SMILES string of the molecule is CCCCCCNC(=NC)N(C)CCOCC1CC1.I. The number of likely N-dealkylation sites (N-methyl/N-ethyl adjacent to an activating group) is 1. The fourth-order valence-corrected chi connectivity index (χ4v) is 1.98. The molecular weight excluding hydrogens is 365 g/mol. The Morgan fingerprint density at radius 3 is 2.65 bits per heavy atom. The summed E-state index contributed by atoms with van der Waals surface area (Å²) in [6.07, 6.45) is 7.85. The number of aliphatic imine (C=N–C) groups is 1. The molecule has 1 rings (SSSR count). The van der Waals surface area contributed by atoms with E-state index in [1.54, 1.807) is 0 Å². The Morgan fingerprint density at radius 2 is 2.05 bits per heavy atom. The van der Waals surface area contributed by atoms with E-state index in [-0.39, 0.29) is 24.0 Å². The summed E-state index contributed by atoms with van der Waals surface area (Å²) in [5.74, 6) is 1.83. The van der Waals surface area contributed by atoms with Crippen molar-refractivity contribution in [3.8, 4) is 0 Å². The van der Waals surface area contributed by atoms with Gasteiger partial charge in [0, 0.05) is 33.8 Å². The highest BCUT2D eigenvalue weighted by molar-refractivity contribution is 14.0. The third kappa shape index (κ3) is 9.80. The molecule has 20 heavy (non-hydrogen) atoms. The average molecular weight is 397 g/mol. The molecular formula is C15H32IN3O. The maximum Gasteiger partial charge on any atom is 0.193 e. The summed E-state index contributed by atoms with van der Waals surface area (Å²) in [7, 11) is 3.91. The second-order valence-electron chi connectivity index (χ2n) is 5.47. The highest BCUT2D eigenvalue weighted by Crippen LogP contribution is 2.28. The van der Waals surface area contributed by atoms with Gasteiger partial charge in [0.2, 0.25) is 0 Å². The van der Waals surface area contributed by atoms with Gasteiger partial charge in [-0.1, -0.05) is 26.2 Å². The van der Waals surface area contributed by atoms with E-state index in [0.29, 0.717) is 0 Å². The summed E-state index contributed by atoms with van der Waals surface area (Å²) in [5, 5.41) is 3.41. The molecule has 0 aliphatic heterocycles. The van der Waals surface area contributed by atoms with Gasteiger partial charge in [-0.05, 0) is 25.2 Å². The van der Waals surface area contributed by atoms with Gasteiger partial charge in [-0.15, -0.1) is 24.0 Å². The predicted octanol–water partition coefficient (Wildman–Crippen LogP) is 3.12. The third-order valence-electron chi connectivity index (χ3n) is 3.51. The molecule has 0 aromatic rings. The molecule has 1 N–H and O–H groups in total. The molecule has 1 fully saturated rings. The smallest absolute Gasteiger partial charge is 0.193 e. The van der Waals surface area contributed by atoms with E-state index in [9.17, 15) is 0 Å². The lowest BCUT2D eigenvalue weighted by molar-refractivity contribution is 0.115. The highest BCUT2D eigenvalue weighted by atomic mass is 127. The van der Waals surface area contributed by atoms with Crippen LogP contribution in [0.3, 0.4) is 0 Å². The van der Waals surface area contributed by atoms with Crippen molar-refractivity contribution < 1.29 is 4.74 Å². The van der Waals surface area contributed by atoms with Crippen molar-refractivity contribution in [1.82, 2.24) is 10.2 Å². The largest absolute Gasteiger partial charge is 0.379 e. The number of nitrogens with zero attached hydrogens (tertiary/aromatic N) is 2. The standard InChI is InChI=1S/C15H31N3O.HI/c1-4-5-6-7-10-17-15(16-2)18(3)11-12-19-13-14-8-9-14;/h14H,4-13H2,1-3H3,(H,16,17);1H. The van der Waals surface area contributed by atoms with Crippen LogP contribution in [0.2, 0.25) is 0 Å². The fraction of sp³-hybridized carbons (Fsp3) is 0.933. The maximum absolute atomic E-state index is 5.66. The minimum Gasteiger partial charge on any atom is -0.379 e. The van der Waals surface area contributed by atoms with E-state index in [1.807, 2.05) is 7.05 Å². The topological polar surface area (TPSA) is 36.9 Å². The molecule has 0 aromatic carbocycles. The molecule has 0 atom stereocenters. The van der Waals surface area contributed by atoms with Gasteiger partial charge in [0.1, 0.15) is 0 Å². The zero-order chi connectivity index (χ0) is 13.9. The minimum absolute atomic E-state index is 0. The fourth-order valence-electron chi connectivity index (χ4n) is 1.98. The lowest BCUT2D eigenvalue weighted by atomic mass is 10.2. The van der Waals surface area contributed by atoms with Crippen LogP contribution in [-0.4, -0.2) is 51.3 Å². The highest BCUT2D eigenvalue weighted by Gasteiger charge is 2.21. The first kappa shape index (κ1) is 20.0. The molecule has 0 spiro atoms. The molecule has 1 saturated carbocycles. The Balaban J connectivity index is 0.00000361. The van der Waals surface area contributed by atoms with Crippen molar-refractivity contribution in [3.63, 3.8) is 0 Å². The molecule has 5 heteroatoms. The number of unbranched alkanes of at least 4 members (excludes halogenated alkanes) is 3. The summed E-state index contributed by atoms with van der Waals surface area (Å²) >= 11 is 0. The van der Waals surface area contributed by atoms with Crippen molar-refractivity contribution in [2.24, 2.45) is 10.9 Å². The Morgan fingerprint density at radius 1 is 1.30 bits per heavy atom. The summed E-state index contributed by atoms with van der Waals surface area (Å²) in [6.45, 7) is 5.89. The molecule has 4 nitrogen and oxygen atoms in total. The van der Waals surface area contributed by atoms with E-state index in [0.717, 1.165) is 38.2 Å². The summed E-state index contributed by atoms with van der Waals surface area (Å²) in [5.41, 5.74) is 0. The van der Waals surface area contributed by atoms with E-state index in [1.165, 1.54) is 38.5 Å². The normalized spacial score (nSPS) is 14.8. The van der Waals surface area contributed by atoms with Gasteiger partial charge >= 0.3 is 0 Å². The molecule has 0 bridgehead atoms. The van der Waals surface area contributed by atoms with Gasteiger partial charge < -0.3 is 15.0 Å². The lowest BCUT2D eigenvalue weighted by Crippen LogP contribution is -2.40. The summed E-state index contributed by atoms with van der Waals surface area (Å²) < 4.78 is 5.66. The zero-order valence-electron chi connectivity index (χ0n) is 13.4. The van der Waals surface area contributed by atoms with Crippen LogP contribution in [0, 0.1) is 5.92 Å². The third-order valence-corrected chi connectivity index (χ3v) is 3.51. The van der Waals surface area contributed by atoms with Crippen LogP contribution in [0.15, 0.2) is 4.99 Å². The Bertz CT molecular complexity index is 258. The van der Waals surface area contributed by atoms with Gasteiger partial charge in [-0.3, -0.25) is 4.99 Å². The van der Waals surface area contributed by atoms with Crippen LogP contribution in [0.1, 0.15) is 45.4 Å². The first-order valence-electron chi connectivity index (χ1n) is 7.77. The second-order valence-corrected chi connectivity index (χ2v) is 5.47. The number of guanidine groups is 1. The molecule has 1 aliphatic rings. The van der Waals surface area contributed by atoms with Crippen molar-refractivity contribution in [3.05, 3.63) is 0 Å². The maximum atomic E-state index is 5.66. The summed E-state index contributed by atoms with van der Waals surface area (Å²) in [6, 6.07) is 0. The van der Waals surface area contributed by atoms with Crippen LogP contribution in [0.5, 0.6) is 0 Å². The second kappa shape index (κ2) is 12.7. The molecule has 0 saturated heterocycles. The first-order valence-corrected chi connectivity index (χ1v) is 7.77. The molecule has 0 radical (unpaired) electrons. The quantitative estimate of drug-likeness (QED) is 0.266. The Labute approximate surface area is 141 Å². The minimum atomic E-state index is 0. The number of ether oxygens (including phenoxy) is 1. The molecule has 0 heterocycles. The van der Waals surface area contributed by atoms with Crippen LogP contribution >= 0.6 is 24.0 Å². The van der Waals surface area contributed by atoms with Gasteiger partial charge in [0.25, 0.3) is 0 Å². The van der Waals surface area contributed by atoms with Gasteiger partial charge in [0.15, 0.2) is 5.96 Å². The molecule has 0 aromatic heterocycles. The summed E-state index contributed by atoms with van der Waals surface area (Å²) in [4.78, 5) is 6.45. The van der Waals surface area contributed by atoms with E-state index >= 15 is 0 Å². The van der Waals surface area contributed by atoms with E-state index in [4.69, 9.17) is 4.74 Å². The van der Waals surface area contributed by atoms with Crippen LogP contribution in [-0.2, 0) is 4.74 Å². The zero-order valence-corrected chi connectivity index (χ0v) is 15.7. The van der Waals surface area contributed by atoms with E-state index < -0.39 is 0 Å². The Kier molecular flexibility index (Phi) is 12.7. The van der Waals surface area contributed by atoms with Crippen LogP contribution in [0.25, 0.3) is 0 Å². The van der Waals surface area contributed by atoms with Crippen LogP contribution in [0.4, 0.5) is 0 Å². The van der Waals surface area contributed by atoms with Gasteiger partial charge in [-0.2, -0.15) is 0 Å². The molecule has 120 valence electrons. The van der Waals surface area contributed by atoms with Crippen molar-refractivity contribution >= 4 is 29.9 Å². The van der Waals surface area contributed by atoms with Crippen molar-refractivity contribution in [2.75, 3.05) is 40.4 Å². The molecule has 0 amide bonds. The number of hydrogen-bond acceptors (Lipinski definition) is 2. The number of nitrogens with one attached hydrogen (secondary N) is 1. The van der Waals surface area contributed by atoms with Crippen LogP contribution < -0.4 is 5.32 Å². The average Bonchev–Trinajstić information content (AvgIpc) is 3.23. The number of hydrogen-bond donors (Lipinski definition) is 1. The van der Waals surface area contributed by atoms with Crippen molar-refractivity contribution in [1.29, 1.82) is 0 Å². The van der Waals surface area contributed by atoms with E-state index in [2.05, 4.69) is 29.2 Å². The number of rotatable bonds is 10. The number of halogens is 1.